The Kier molecular flexibility index (Phi) is 4.28. The molecule has 0 aromatic heterocycles. The maximum atomic E-state index is 12.4. The molecule has 0 aliphatic rings. The molecule has 2 aromatic carbocycles. The molecule has 0 amide bonds. The zero-order chi connectivity index (χ0) is 15.5. The standard InChI is InChI=1S/C15H15NO4S/c1-11-7-3-6-10-14(11)21(18,19)16-13-9-5-4-8-12(13)15(17)20-2/h3-10,16H,1-2H3. The molecule has 0 saturated carbocycles. The fourth-order valence-electron chi connectivity index (χ4n) is 1.92. The molecule has 0 atom stereocenters. The van der Waals surface area contributed by atoms with Crippen LogP contribution < -0.4 is 4.72 Å². The Morgan fingerprint density at radius 1 is 1.05 bits per heavy atom. The van der Waals surface area contributed by atoms with Crippen LogP contribution in [0, 0.1) is 6.92 Å². The molecule has 0 saturated heterocycles. The zero-order valence-corrected chi connectivity index (χ0v) is 12.5. The van der Waals surface area contributed by atoms with E-state index < -0.39 is 16.0 Å². The quantitative estimate of drug-likeness (QED) is 0.881. The van der Waals surface area contributed by atoms with Crippen molar-refractivity contribution < 1.29 is 17.9 Å². The fourth-order valence-corrected chi connectivity index (χ4v) is 3.24. The Morgan fingerprint density at radius 3 is 2.33 bits per heavy atom. The first-order chi connectivity index (χ1) is 9.95. The lowest BCUT2D eigenvalue weighted by molar-refractivity contribution is 0.0602. The summed E-state index contributed by atoms with van der Waals surface area (Å²) in [5, 5.41) is 0. The van der Waals surface area contributed by atoms with Crippen LogP contribution in [-0.2, 0) is 14.8 Å². The van der Waals surface area contributed by atoms with Gasteiger partial charge in [-0.15, -0.1) is 0 Å². The van der Waals surface area contributed by atoms with Gasteiger partial charge in [0.1, 0.15) is 0 Å². The van der Waals surface area contributed by atoms with E-state index in [-0.39, 0.29) is 16.1 Å². The van der Waals surface area contributed by atoms with E-state index >= 15 is 0 Å². The lowest BCUT2D eigenvalue weighted by Gasteiger charge is -2.12. The largest absolute Gasteiger partial charge is 0.465 e. The number of rotatable bonds is 4. The summed E-state index contributed by atoms with van der Waals surface area (Å²) in [5.41, 5.74) is 0.977. The fraction of sp³-hybridized carbons (Fsp3) is 0.133. The molecule has 0 spiro atoms. The van der Waals surface area contributed by atoms with Gasteiger partial charge in [0.2, 0.25) is 0 Å². The SMILES string of the molecule is COC(=O)c1ccccc1NS(=O)(=O)c1ccccc1C. The Hall–Kier alpha value is -2.34. The average Bonchev–Trinajstić information content (AvgIpc) is 2.47. The third kappa shape index (κ3) is 3.22. The summed E-state index contributed by atoms with van der Waals surface area (Å²) in [6, 6.07) is 12.9. The molecule has 0 unspecified atom stereocenters. The third-order valence-electron chi connectivity index (χ3n) is 2.96. The molecule has 2 rings (SSSR count). The van der Waals surface area contributed by atoms with Gasteiger partial charge in [-0.05, 0) is 30.7 Å². The summed E-state index contributed by atoms with van der Waals surface area (Å²) in [6.07, 6.45) is 0. The number of para-hydroxylation sites is 1. The van der Waals surface area contributed by atoms with Gasteiger partial charge in [0.05, 0.1) is 23.3 Å². The number of hydrogen-bond donors (Lipinski definition) is 1. The number of carbonyl (C=O) groups excluding carboxylic acids is 1. The van der Waals surface area contributed by atoms with E-state index in [1.165, 1.54) is 25.3 Å². The number of ether oxygens (including phenoxy) is 1. The van der Waals surface area contributed by atoms with Crippen LogP contribution in [0.3, 0.4) is 0 Å². The van der Waals surface area contributed by atoms with Gasteiger partial charge in [0.25, 0.3) is 10.0 Å². The normalized spacial score (nSPS) is 11.0. The number of hydrogen-bond acceptors (Lipinski definition) is 4. The molecular formula is C15H15NO4S. The van der Waals surface area contributed by atoms with E-state index in [9.17, 15) is 13.2 Å². The third-order valence-corrected chi connectivity index (χ3v) is 4.49. The summed E-state index contributed by atoms with van der Waals surface area (Å²) in [7, 11) is -2.52. The van der Waals surface area contributed by atoms with Crippen LogP contribution in [0.1, 0.15) is 15.9 Å². The summed E-state index contributed by atoms with van der Waals surface area (Å²) < 4.78 is 31.9. The average molecular weight is 305 g/mol. The van der Waals surface area contributed by atoms with Gasteiger partial charge < -0.3 is 4.74 Å². The van der Waals surface area contributed by atoms with Crippen molar-refractivity contribution in [3.63, 3.8) is 0 Å². The van der Waals surface area contributed by atoms with Crippen molar-refractivity contribution in [1.29, 1.82) is 0 Å². The summed E-state index contributed by atoms with van der Waals surface area (Å²) in [5.74, 6) is -0.599. The minimum Gasteiger partial charge on any atom is -0.465 e. The molecule has 110 valence electrons. The van der Waals surface area contributed by atoms with E-state index in [0.717, 1.165) is 0 Å². The van der Waals surface area contributed by atoms with E-state index in [1.54, 1.807) is 37.3 Å². The Morgan fingerprint density at radius 2 is 1.67 bits per heavy atom. The van der Waals surface area contributed by atoms with Gasteiger partial charge in [-0.25, -0.2) is 13.2 Å². The van der Waals surface area contributed by atoms with E-state index in [1.807, 2.05) is 0 Å². The van der Waals surface area contributed by atoms with E-state index in [4.69, 9.17) is 0 Å². The number of anilines is 1. The molecule has 2 aromatic rings. The Bertz CT molecular complexity index is 769. The van der Waals surface area contributed by atoms with Crippen LogP contribution in [0.5, 0.6) is 0 Å². The zero-order valence-electron chi connectivity index (χ0n) is 11.7. The van der Waals surface area contributed by atoms with Crippen molar-refractivity contribution in [3.05, 3.63) is 59.7 Å². The van der Waals surface area contributed by atoms with E-state index in [0.29, 0.717) is 5.56 Å². The lowest BCUT2D eigenvalue weighted by atomic mass is 10.2. The number of esters is 1. The van der Waals surface area contributed by atoms with Gasteiger partial charge in [-0.2, -0.15) is 0 Å². The van der Waals surface area contributed by atoms with Gasteiger partial charge >= 0.3 is 5.97 Å². The van der Waals surface area contributed by atoms with Crippen LogP contribution >= 0.6 is 0 Å². The maximum absolute atomic E-state index is 12.4. The molecule has 5 nitrogen and oxygen atoms in total. The second kappa shape index (κ2) is 5.97. The molecule has 0 aliphatic heterocycles. The topological polar surface area (TPSA) is 72.5 Å². The summed E-state index contributed by atoms with van der Waals surface area (Å²) in [6.45, 7) is 1.71. The number of carbonyl (C=O) groups is 1. The minimum atomic E-state index is -3.77. The first kappa shape index (κ1) is 15.1. The smallest absolute Gasteiger partial charge is 0.339 e. The highest BCUT2D eigenvalue weighted by Gasteiger charge is 2.20. The molecule has 6 heteroatoms. The number of aryl methyl sites for hydroxylation is 1. The molecule has 0 heterocycles. The molecule has 0 aliphatic carbocycles. The molecular weight excluding hydrogens is 290 g/mol. The van der Waals surface area contributed by atoms with Gasteiger partial charge in [-0.1, -0.05) is 30.3 Å². The predicted molar refractivity (Wildman–Crippen MR) is 79.8 cm³/mol. The highest BCUT2D eigenvalue weighted by molar-refractivity contribution is 7.92. The predicted octanol–water partition coefficient (Wildman–Crippen LogP) is 2.58. The van der Waals surface area contributed by atoms with Gasteiger partial charge in [0, 0.05) is 0 Å². The number of sulfonamides is 1. The van der Waals surface area contributed by atoms with Crippen molar-refractivity contribution in [2.45, 2.75) is 11.8 Å². The molecule has 0 radical (unpaired) electrons. The van der Waals surface area contributed by atoms with Crippen molar-refractivity contribution in [2.24, 2.45) is 0 Å². The maximum Gasteiger partial charge on any atom is 0.339 e. The molecule has 0 bridgehead atoms. The monoisotopic (exact) mass is 305 g/mol. The van der Waals surface area contributed by atoms with Crippen molar-refractivity contribution in [3.8, 4) is 0 Å². The molecule has 21 heavy (non-hydrogen) atoms. The van der Waals surface area contributed by atoms with Crippen molar-refractivity contribution in [1.82, 2.24) is 0 Å². The van der Waals surface area contributed by atoms with Crippen LogP contribution in [0.15, 0.2) is 53.4 Å². The number of nitrogens with one attached hydrogen (secondary N) is 1. The van der Waals surface area contributed by atoms with Crippen LogP contribution in [-0.4, -0.2) is 21.5 Å². The highest BCUT2D eigenvalue weighted by Crippen LogP contribution is 2.22. The molecule has 0 fully saturated rings. The van der Waals surface area contributed by atoms with Crippen molar-refractivity contribution >= 4 is 21.7 Å². The van der Waals surface area contributed by atoms with Crippen LogP contribution in [0.2, 0.25) is 0 Å². The minimum absolute atomic E-state index is 0.164. The van der Waals surface area contributed by atoms with E-state index in [2.05, 4.69) is 9.46 Å². The number of benzene rings is 2. The van der Waals surface area contributed by atoms with Crippen LogP contribution in [0.25, 0.3) is 0 Å². The number of methoxy groups -OCH3 is 1. The Labute approximate surface area is 123 Å². The molecule has 1 N–H and O–H groups in total. The van der Waals surface area contributed by atoms with Crippen LogP contribution in [0.4, 0.5) is 5.69 Å². The first-order valence-electron chi connectivity index (χ1n) is 6.21. The Balaban J connectivity index is 2.43. The van der Waals surface area contributed by atoms with Crippen molar-refractivity contribution in [2.75, 3.05) is 11.8 Å². The first-order valence-corrected chi connectivity index (χ1v) is 7.70. The lowest BCUT2D eigenvalue weighted by Crippen LogP contribution is -2.16. The second-order valence-electron chi connectivity index (χ2n) is 4.41. The highest BCUT2D eigenvalue weighted by atomic mass is 32.2. The summed E-state index contributed by atoms with van der Waals surface area (Å²) >= 11 is 0. The second-order valence-corrected chi connectivity index (χ2v) is 6.06. The van der Waals surface area contributed by atoms with Gasteiger partial charge in [-0.3, -0.25) is 4.72 Å². The summed E-state index contributed by atoms with van der Waals surface area (Å²) in [4.78, 5) is 11.8. The van der Waals surface area contributed by atoms with Gasteiger partial charge in [0.15, 0.2) is 0 Å².